The molecule has 2 atom stereocenters. The molecule has 0 amide bonds. The number of rotatable bonds is 13. The monoisotopic (exact) mass is 966 g/mol. The fourth-order valence-electron chi connectivity index (χ4n) is 7.02. The zero-order valence-corrected chi connectivity index (χ0v) is 44.6. The lowest BCUT2D eigenvalue weighted by Crippen LogP contribution is -2.17. The van der Waals surface area contributed by atoms with Crippen molar-refractivity contribution in [2.75, 3.05) is 14.2 Å². The minimum Gasteiger partial charge on any atom is -0.497 e. The molecule has 0 aliphatic rings. The van der Waals surface area contributed by atoms with E-state index in [4.69, 9.17) is 38.1 Å². The molecular weight excluding hydrogens is 895 g/mol. The molecule has 0 heterocycles. The molecule has 0 aliphatic carbocycles. The number of para-hydroxylation sites is 2. The van der Waals surface area contributed by atoms with Crippen molar-refractivity contribution in [3.63, 3.8) is 0 Å². The fraction of sp³-hybridized carbons (Fsp3) is 0.357. The van der Waals surface area contributed by atoms with Crippen LogP contribution in [0.15, 0.2) is 121 Å². The third kappa shape index (κ3) is 15.3. The Labute approximate surface area is 409 Å². The number of aliphatic hydroxyl groups excluding tert-OH is 2. The van der Waals surface area contributed by atoms with E-state index in [0.717, 1.165) is 67.5 Å². The maximum atomic E-state index is 9.41. The Morgan fingerprint density at radius 2 is 0.647 bits per heavy atom. The second kappa shape index (κ2) is 24.2. The molecule has 6 aromatic carbocycles. The van der Waals surface area contributed by atoms with Gasteiger partial charge in [-0.1, -0.05) is 132 Å². The van der Waals surface area contributed by atoms with Crippen molar-refractivity contribution in [2.45, 2.75) is 118 Å². The molecule has 0 bridgehead atoms. The summed E-state index contributed by atoms with van der Waals surface area (Å²) in [6.07, 6.45) is 0. The minimum absolute atomic E-state index is 0.0129. The van der Waals surface area contributed by atoms with E-state index in [2.05, 4.69) is 102 Å². The van der Waals surface area contributed by atoms with Crippen molar-refractivity contribution in [2.24, 2.45) is 0 Å². The average molecular weight is 967 g/mol. The summed E-state index contributed by atoms with van der Waals surface area (Å²) in [5.41, 5.74) is 7.13. The Hall–Kier alpha value is -5.50. The lowest BCUT2D eigenvalue weighted by molar-refractivity contribution is -0.103. The summed E-state index contributed by atoms with van der Waals surface area (Å²) in [7, 11) is 7.84. The standard InChI is InChI=1S/2C22H30O4.C12H12O2P2/c1-21(2,3)17-13-15(23-7)9-11-19(17)25-26-20-12-10-16(24-8)14-18(20)22(4,5)6;1-21(2,3)17-11-15(13-23)7-9-19(17)25-26-20-10-8-16(14-24)12-18(20)22(4,5)6;15-13-11-7-3-1-5-9(11)10-6-2-4-8-12(10)14-16/h9-14H,1-8H3;7-12,23-24H,13-14H2,1-6H3;1-8H,15-16H2. The maximum absolute atomic E-state index is 9.41. The first kappa shape index (κ1) is 55.1. The largest absolute Gasteiger partial charge is 0.497 e. The zero-order valence-electron chi connectivity index (χ0n) is 42.3. The number of aliphatic hydroxyl groups is 2. The Balaban J connectivity index is 0.000000229. The van der Waals surface area contributed by atoms with Gasteiger partial charge in [0.1, 0.15) is 23.0 Å². The molecule has 0 saturated heterocycles. The van der Waals surface area contributed by atoms with Crippen LogP contribution in [-0.4, -0.2) is 24.4 Å². The first-order valence-corrected chi connectivity index (χ1v) is 23.4. The highest BCUT2D eigenvalue weighted by Crippen LogP contribution is 2.40. The summed E-state index contributed by atoms with van der Waals surface area (Å²) in [5.74, 6) is 5.80. The molecule has 366 valence electrons. The van der Waals surface area contributed by atoms with Gasteiger partial charge in [-0.25, -0.2) is 0 Å². The predicted octanol–water partition coefficient (Wildman–Crippen LogP) is 14.0. The number of hydrogen-bond donors (Lipinski definition) is 2. The van der Waals surface area contributed by atoms with Crippen LogP contribution in [0.3, 0.4) is 0 Å². The predicted molar refractivity (Wildman–Crippen MR) is 281 cm³/mol. The molecule has 6 aromatic rings. The fourth-order valence-corrected chi connectivity index (χ4v) is 7.43. The molecule has 10 nitrogen and oxygen atoms in total. The quantitative estimate of drug-likeness (QED) is 0.0659. The molecule has 0 aliphatic heterocycles. The van der Waals surface area contributed by atoms with Crippen LogP contribution in [0.5, 0.6) is 46.0 Å². The van der Waals surface area contributed by atoms with Crippen molar-refractivity contribution in [3.8, 4) is 57.1 Å². The third-order valence-corrected chi connectivity index (χ3v) is 11.3. The van der Waals surface area contributed by atoms with Gasteiger partial charge in [0.2, 0.25) is 0 Å². The molecule has 0 radical (unpaired) electrons. The van der Waals surface area contributed by atoms with Crippen LogP contribution >= 0.6 is 18.9 Å². The molecule has 0 aromatic heterocycles. The SMILES string of the molecule is CC(C)(C)c1cc(CO)ccc1OOc1ccc(CO)cc1C(C)(C)C.COc1ccc(OOc2ccc(OC)cc2C(C)(C)C)c(C(C)(C)C)c1.POc1ccccc1-c1ccccc1OP. The molecule has 2 unspecified atom stereocenters. The second-order valence-corrected chi connectivity index (χ2v) is 20.7. The Bertz CT molecular complexity index is 2240. The molecule has 0 saturated carbocycles. The highest BCUT2D eigenvalue weighted by atomic mass is 31.0. The average Bonchev–Trinajstić information content (AvgIpc) is 3.31. The minimum atomic E-state index is -0.155. The van der Waals surface area contributed by atoms with Crippen molar-refractivity contribution in [1.82, 2.24) is 0 Å². The lowest BCUT2D eigenvalue weighted by Gasteiger charge is -2.25. The third-order valence-electron chi connectivity index (χ3n) is 10.8. The van der Waals surface area contributed by atoms with Gasteiger partial charge in [0.25, 0.3) is 0 Å². The van der Waals surface area contributed by atoms with E-state index in [1.54, 1.807) is 14.2 Å². The smallest absolute Gasteiger partial charge is 0.182 e. The van der Waals surface area contributed by atoms with Crippen LogP contribution in [0.2, 0.25) is 0 Å². The van der Waals surface area contributed by atoms with E-state index < -0.39 is 0 Å². The Morgan fingerprint density at radius 3 is 0.912 bits per heavy atom. The van der Waals surface area contributed by atoms with E-state index in [1.165, 1.54) is 0 Å². The highest BCUT2D eigenvalue weighted by molar-refractivity contribution is 7.10. The number of ether oxygens (including phenoxy) is 2. The Morgan fingerprint density at radius 1 is 0.368 bits per heavy atom. The number of methoxy groups -OCH3 is 2. The van der Waals surface area contributed by atoms with Gasteiger partial charge < -0.3 is 28.7 Å². The summed E-state index contributed by atoms with van der Waals surface area (Å²) in [6, 6.07) is 38.3. The van der Waals surface area contributed by atoms with Gasteiger partial charge >= 0.3 is 0 Å². The van der Waals surface area contributed by atoms with Crippen LogP contribution in [0.1, 0.15) is 116 Å². The first-order chi connectivity index (χ1) is 32.0. The van der Waals surface area contributed by atoms with E-state index in [1.807, 2.05) is 121 Å². The molecule has 0 fully saturated rings. The molecule has 0 spiro atoms. The maximum Gasteiger partial charge on any atom is 0.182 e. The van der Waals surface area contributed by atoms with Gasteiger partial charge in [0.05, 0.1) is 46.4 Å². The summed E-state index contributed by atoms with van der Waals surface area (Å²) in [6.45, 7) is 25.3. The van der Waals surface area contributed by atoms with Crippen LogP contribution in [0, 0.1) is 0 Å². The van der Waals surface area contributed by atoms with Crippen molar-refractivity contribution in [1.29, 1.82) is 0 Å². The van der Waals surface area contributed by atoms with Crippen molar-refractivity contribution >= 4 is 18.9 Å². The van der Waals surface area contributed by atoms with Gasteiger partial charge in [0.15, 0.2) is 23.0 Å². The number of benzene rings is 6. The van der Waals surface area contributed by atoms with E-state index in [9.17, 15) is 10.2 Å². The van der Waals surface area contributed by atoms with Gasteiger partial charge in [-0.2, -0.15) is 0 Å². The van der Waals surface area contributed by atoms with Crippen molar-refractivity contribution in [3.05, 3.63) is 155 Å². The molecule has 2 N–H and O–H groups in total. The summed E-state index contributed by atoms with van der Waals surface area (Å²) >= 11 is 0. The van der Waals surface area contributed by atoms with Crippen LogP contribution < -0.4 is 38.1 Å². The summed E-state index contributed by atoms with van der Waals surface area (Å²) < 4.78 is 21.2. The van der Waals surface area contributed by atoms with Crippen LogP contribution in [0.4, 0.5) is 0 Å². The topological polar surface area (TPSA) is 114 Å². The van der Waals surface area contributed by atoms with Crippen LogP contribution in [0.25, 0.3) is 11.1 Å². The molecule has 12 heteroatoms. The van der Waals surface area contributed by atoms with Crippen molar-refractivity contribution < 1.29 is 48.3 Å². The lowest BCUT2D eigenvalue weighted by atomic mass is 9.85. The molecule has 6 rings (SSSR count). The summed E-state index contributed by atoms with van der Waals surface area (Å²) in [4.78, 5) is 23.0. The normalized spacial score (nSPS) is 11.5. The van der Waals surface area contributed by atoms with Gasteiger partial charge in [0, 0.05) is 33.4 Å². The number of hydrogen-bond acceptors (Lipinski definition) is 10. The Kier molecular flexibility index (Phi) is 19.6. The van der Waals surface area contributed by atoms with E-state index >= 15 is 0 Å². The second-order valence-electron chi connectivity index (χ2n) is 20.3. The van der Waals surface area contributed by atoms with E-state index in [0.29, 0.717) is 23.0 Å². The van der Waals surface area contributed by atoms with Gasteiger partial charge in [-0.15, -0.1) is 0 Å². The summed E-state index contributed by atoms with van der Waals surface area (Å²) in [5, 5.41) is 18.8. The van der Waals surface area contributed by atoms with Gasteiger partial charge in [-0.3, -0.25) is 19.6 Å². The molecule has 68 heavy (non-hydrogen) atoms. The van der Waals surface area contributed by atoms with Crippen LogP contribution in [-0.2, 0) is 34.9 Å². The molecular formula is C56H72O10P2. The highest BCUT2D eigenvalue weighted by Gasteiger charge is 2.26. The first-order valence-electron chi connectivity index (χ1n) is 22.5. The zero-order chi connectivity index (χ0) is 50.5. The van der Waals surface area contributed by atoms with E-state index in [-0.39, 0.29) is 34.9 Å². The van der Waals surface area contributed by atoms with Gasteiger partial charge in [-0.05, 0) is 106 Å².